The molecular weight excluding hydrogens is 333 g/mol. The maximum atomic E-state index is 11.8. The lowest BCUT2D eigenvalue weighted by Crippen LogP contribution is -2.01. The second-order valence-electron chi connectivity index (χ2n) is 4.81. The van der Waals surface area contributed by atoms with E-state index >= 15 is 0 Å². The van der Waals surface area contributed by atoms with E-state index in [0.29, 0.717) is 10.0 Å². The molecule has 0 radical (unpaired) electrons. The summed E-state index contributed by atoms with van der Waals surface area (Å²) in [6.45, 7) is 0. The Hall–Kier alpha value is -2.36. The average Bonchev–Trinajstić information content (AvgIpc) is 2.89. The van der Waals surface area contributed by atoms with E-state index in [1.165, 1.54) is 0 Å². The Bertz CT molecular complexity index is 819. The van der Waals surface area contributed by atoms with Crippen molar-refractivity contribution in [3.05, 3.63) is 81.5 Å². The van der Waals surface area contributed by atoms with E-state index in [-0.39, 0.29) is 11.6 Å². The zero-order chi connectivity index (χ0) is 16.2. The minimum atomic E-state index is -0.476. The molecule has 0 bridgehead atoms. The van der Waals surface area contributed by atoms with Gasteiger partial charge < -0.3 is 4.74 Å². The van der Waals surface area contributed by atoms with Gasteiger partial charge in [-0.15, -0.1) is 0 Å². The van der Waals surface area contributed by atoms with Gasteiger partial charge in [0, 0.05) is 16.1 Å². The van der Waals surface area contributed by atoms with Crippen LogP contribution in [0.2, 0.25) is 10.0 Å². The smallest absolute Gasteiger partial charge is 0.363 e. The van der Waals surface area contributed by atoms with E-state index < -0.39 is 5.97 Å². The van der Waals surface area contributed by atoms with Crippen LogP contribution in [0.1, 0.15) is 11.1 Å². The van der Waals surface area contributed by atoms with Crippen LogP contribution < -0.4 is 0 Å². The third kappa shape index (κ3) is 4.09. The van der Waals surface area contributed by atoms with E-state index in [4.69, 9.17) is 27.9 Å². The van der Waals surface area contributed by atoms with Crippen LogP contribution >= 0.6 is 23.2 Å². The van der Waals surface area contributed by atoms with Crippen LogP contribution in [0.5, 0.6) is 0 Å². The molecule has 0 aliphatic carbocycles. The van der Waals surface area contributed by atoms with Gasteiger partial charge in [-0.25, -0.2) is 9.79 Å². The average molecular weight is 344 g/mol. The monoisotopic (exact) mass is 343 g/mol. The fourth-order valence-electron chi connectivity index (χ4n) is 1.96. The number of nitrogens with zero attached hydrogens (tertiary/aromatic N) is 1. The van der Waals surface area contributed by atoms with Crippen molar-refractivity contribution < 1.29 is 9.53 Å². The molecule has 1 heterocycles. The van der Waals surface area contributed by atoms with E-state index in [1.54, 1.807) is 54.6 Å². The number of rotatable bonds is 3. The molecule has 0 saturated carbocycles. The second kappa shape index (κ2) is 6.82. The number of hydrogen-bond donors (Lipinski definition) is 0. The quantitative estimate of drug-likeness (QED) is 0.580. The summed E-state index contributed by atoms with van der Waals surface area (Å²) in [4.78, 5) is 16.0. The van der Waals surface area contributed by atoms with Gasteiger partial charge in [-0.3, -0.25) is 0 Å². The van der Waals surface area contributed by atoms with Crippen molar-refractivity contribution in [2.75, 3.05) is 0 Å². The molecule has 0 saturated heterocycles. The van der Waals surface area contributed by atoms with Gasteiger partial charge in [0.25, 0.3) is 0 Å². The summed E-state index contributed by atoms with van der Waals surface area (Å²) in [5.41, 5.74) is 2.01. The Kier molecular flexibility index (Phi) is 4.60. The molecular formula is C18H11Cl2NO2. The highest BCUT2D eigenvalue weighted by Crippen LogP contribution is 2.18. The van der Waals surface area contributed by atoms with Crippen molar-refractivity contribution in [1.29, 1.82) is 0 Å². The number of esters is 1. The summed E-state index contributed by atoms with van der Waals surface area (Å²) in [7, 11) is 0. The zero-order valence-electron chi connectivity index (χ0n) is 11.9. The van der Waals surface area contributed by atoms with Crippen LogP contribution in [0.25, 0.3) is 12.2 Å². The van der Waals surface area contributed by atoms with Gasteiger partial charge in [-0.2, -0.15) is 0 Å². The molecule has 0 unspecified atom stereocenters. The van der Waals surface area contributed by atoms with Crippen molar-refractivity contribution in [2.24, 2.45) is 4.99 Å². The van der Waals surface area contributed by atoms with Crippen LogP contribution in [0.15, 0.2) is 65.3 Å². The van der Waals surface area contributed by atoms with Gasteiger partial charge >= 0.3 is 5.97 Å². The Morgan fingerprint density at radius 1 is 0.826 bits per heavy atom. The maximum Gasteiger partial charge on any atom is 0.363 e. The Morgan fingerprint density at radius 3 is 2.00 bits per heavy atom. The number of cyclic esters (lactones) is 1. The van der Waals surface area contributed by atoms with E-state index in [9.17, 15) is 4.79 Å². The lowest BCUT2D eigenvalue weighted by atomic mass is 10.2. The number of halogens is 2. The SMILES string of the molecule is O=C1OC(C=Cc2ccc(Cl)cc2)=NC1=Cc1ccc(Cl)cc1. The molecule has 0 fully saturated rings. The molecule has 0 amide bonds. The fourth-order valence-corrected chi connectivity index (χ4v) is 2.21. The largest absolute Gasteiger partial charge is 0.403 e. The van der Waals surface area contributed by atoms with Gasteiger partial charge in [0.1, 0.15) is 0 Å². The molecule has 2 aromatic carbocycles. The first kappa shape index (κ1) is 15.5. The highest BCUT2D eigenvalue weighted by Gasteiger charge is 2.20. The van der Waals surface area contributed by atoms with Crippen molar-refractivity contribution in [3.8, 4) is 0 Å². The molecule has 5 heteroatoms. The van der Waals surface area contributed by atoms with Crippen LogP contribution in [0.3, 0.4) is 0 Å². The lowest BCUT2D eigenvalue weighted by molar-refractivity contribution is -0.129. The van der Waals surface area contributed by atoms with Crippen molar-refractivity contribution >= 4 is 47.2 Å². The summed E-state index contributed by atoms with van der Waals surface area (Å²) in [6.07, 6.45) is 5.10. The minimum absolute atomic E-state index is 0.253. The predicted molar refractivity (Wildman–Crippen MR) is 93.4 cm³/mol. The fraction of sp³-hybridized carbons (Fsp3) is 0. The summed E-state index contributed by atoms with van der Waals surface area (Å²) < 4.78 is 5.12. The van der Waals surface area contributed by atoms with Crippen LogP contribution in [0, 0.1) is 0 Å². The Balaban J connectivity index is 1.78. The first-order valence-electron chi connectivity index (χ1n) is 6.82. The standard InChI is InChI=1S/C18H11Cl2NO2/c19-14-6-1-12(2-7-14)5-10-17-21-16(18(22)23-17)11-13-3-8-15(20)9-4-13/h1-11H. The number of carbonyl (C=O) groups is 1. The Morgan fingerprint density at radius 2 is 1.39 bits per heavy atom. The minimum Gasteiger partial charge on any atom is -0.403 e. The summed E-state index contributed by atoms with van der Waals surface area (Å²) in [5, 5.41) is 1.30. The molecule has 1 aliphatic heterocycles. The number of benzene rings is 2. The Labute approximate surface area is 143 Å². The molecule has 2 aromatic rings. The predicted octanol–water partition coefficient (Wildman–Crippen LogP) is 5.00. The van der Waals surface area contributed by atoms with E-state index in [2.05, 4.69) is 4.99 Å². The summed E-state index contributed by atoms with van der Waals surface area (Å²) >= 11 is 11.7. The number of hydrogen-bond acceptors (Lipinski definition) is 3. The third-order valence-electron chi connectivity index (χ3n) is 3.10. The van der Waals surface area contributed by atoms with Crippen molar-refractivity contribution in [1.82, 2.24) is 0 Å². The van der Waals surface area contributed by atoms with Gasteiger partial charge in [-0.1, -0.05) is 47.5 Å². The first-order chi connectivity index (χ1) is 11.1. The van der Waals surface area contributed by atoms with Gasteiger partial charge in [0.15, 0.2) is 5.70 Å². The molecule has 114 valence electrons. The van der Waals surface area contributed by atoms with Gasteiger partial charge in [-0.05, 0) is 47.5 Å². The first-order valence-corrected chi connectivity index (χ1v) is 7.57. The zero-order valence-corrected chi connectivity index (χ0v) is 13.4. The molecule has 23 heavy (non-hydrogen) atoms. The highest BCUT2D eigenvalue weighted by atomic mass is 35.5. The molecule has 3 nitrogen and oxygen atoms in total. The van der Waals surface area contributed by atoms with Gasteiger partial charge in [0.05, 0.1) is 0 Å². The normalized spacial score (nSPS) is 16.0. The molecule has 0 atom stereocenters. The maximum absolute atomic E-state index is 11.8. The number of ether oxygens (including phenoxy) is 1. The summed E-state index contributed by atoms with van der Waals surface area (Å²) in [6, 6.07) is 14.4. The van der Waals surface area contributed by atoms with E-state index in [0.717, 1.165) is 11.1 Å². The van der Waals surface area contributed by atoms with Crippen LogP contribution in [-0.4, -0.2) is 11.9 Å². The third-order valence-corrected chi connectivity index (χ3v) is 3.60. The molecule has 3 rings (SSSR count). The van der Waals surface area contributed by atoms with E-state index in [1.807, 2.05) is 12.1 Å². The summed E-state index contributed by atoms with van der Waals surface area (Å²) in [5.74, 6) is -0.221. The molecule has 0 spiro atoms. The van der Waals surface area contributed by atoms with Gasteiger partial charge in [0.2, 0.25) is 5.90 Å². The molecule has 1 aliphatic rings. The topological polar surface area (TPSA) is 38.7 Å². The number of aliphatic imine (C=N–C) groups is 1. The van der Waals surface area contributed by atoms with Crippen molar-refractivity contribution in [2.45, 2.75) is 0 Å². The van der Waals surface area contributed by atoms with Crippen LogP contribution in [0.4, 0.5) is 0 Å². The highest BCUT2D eigenvalue weighted by molar-refractivity contribution is 6.30. The van der Waals surface area contributed by atoms with Crippen molar-refractivity contribution in [3.63, 3.8) is 0 Å². The number of carbonyl (C=O) groups excluding carboxylic acids is 1. The lowest BCUT2D eigenvalue weighted by Gasteiger charge is -1.94. The van der Waals surface area contributed by atoms with Crippen LogP contribution in [-0.2, 0) is 9.53 Å². The second-order valence-corrected chi connectivity index (χ2v) is 5.68. The molecule has 0 aromatic heterocycles. The molecule has 0 N–H and O–H groups in total.